The lowest BCUT2D eigenvalue weighted by Crippen LogP contribution is -2.19. The SMILES string of the molecule is CC(C)CNCc1ccc(OC2C=CCCC2)cn1. The third-order valence-corrected chi connectivity index (χ3v) is 3.15. The van der Waals surface area contributed by atoms with Crippen molar-refractivity contribution in [3.8, 4) is 5.75 Å². The van der Waals surface area contributed by atoms with Crippen LogP contribution < -0.4 is 10.1 Å². The van der Waals surface area contributed by atoms with Crippen molar-refractivity contribution < 1.29 is 4.74 Å². The van der Waals surface area contributed by atoms with Gasteiger partial charge in [-0.05, 0) is 49.9 Å². The van der Waals surface area contributed by atoms with E-state index in [1.54, 1.807) is 0 Å². The van der Waals surface area contributed by atoms with E-state index in [0.717, 1.165) is 31.0 Å². The average molecular weight is 260 g/mol. The summed E-state index contributed by atoms with van der Waals surface area (Å²) in [5, 5.41) is 3.39. The third kappa shape index (κ3) is 5.03. The number of hydrogen-bond donors (Lipinski definition) is 1. The second-order valence-electron chi connectivity index (χ2n) is 5.53. The molecule has 0 spiro atoms. The topological polar surface area (TPSA) is 34.1 Å². The fraction of sp³-hybridized carbons (Fsp3) is 0.562. The van der Waals surface area contributed by atoms with Gasteiger partial charge in [0.05, 0.1) is 11.9 Å². The zero-order valence-electron chi connectivity index (χ0n) is 11.9. The predicted octanol–water partition coefficient (Wildman–Crippen LogP) is 3.31. The van der Waals surface area contributed by atoms with Gasteiger partial charge in [-0.3, -0.25) is 4.98 Å². The van der Waals surface area contributed by atoms with Gasteiger partial charge in [-0.2, -0.15) is 0 Å². The number of ether oxygens (including phenoxy) is 1. The summed E-state index contributed by atoms with van der Waals surface area (Å²) in [5.74, 6) is 1.53. The van der Waals surface area contributed by atoms with Crippen LogP contribution in [0.25, 0.3) is 0 Å². The molecule has 1 aromatic heterocycles. The molecule has 1 N–H and O–H groups in total. The van der Waals surface area contributed by atoms with Gasteiger partial charge in [0.15, 0.2) is 0 Å². The molecule has 3 nitrogen and oxygen atoms in total. The summed E-state index contributed by atoms with van der Waals surface area (Å²) in [6.07, 6.45) is 9.90. The zero-order chi connectivity index (χ0) is 13.5. The molecular formula is C16H24N2O. The smallest absolute Gasteiger partial charge is 0.138 e. The summed E-state index contributed by atoms with van der Waals surface area (Å²) < 4.78 is 5.88. The van der Waals surface area contributed by atoms with E-state index in [1.165, 1.54) is 12.8 Å². The molecule has 1 atom stereocenters. The number of allylic oxidation sites excluding steroid dienone is 1. The average Bonchev–Trinajstić information content (AvgIpc) is 2.42. The van der Waals surface area contributed by atoms with Crippen molar-refractivity contribution >= 4 is 0 Å². The largest absolute Gasteiger partial charge is 0.485 e. The Balaban J connectivity index is 1.80. The molecule has 2 rings (SSSR count). The molecule has 1 aromatic rings. The van der Waals surface area contributed by atoms with Crippen molar-refractivity contribution in [2.24, 2.45) is 5.92 Å². The quantitative estimate of drug-likeness (QED) is 0.797. The van der Waals surface area contributed by atoms with Crippen LogP contribution in [0.2, 0.25) is 0 Å². The second-order valence-corrected chi connectivity index (χ2v) is 5.53. The highest BCUT2D eigenvalue weighted by Gasteiger charge is 2.09. The first-order valence-corrected chi connectivity index (χ1v) is 7.23. The van der Waals surface area contributed by atoms with Crippen molar-refractivity contribution in [3.05, 3.63) is 36.2 Å². The van der Waals surface area contributed by atoms with Crippen LogP contribution in [0.4, 0.5) is 0 Å². The zero-order valence-corrected chi connectivity index (χ0v) is 11.9. The number of nitrogens with one attached hydrogen (secondary N) is 1. The minimum Gasteiger partial charge on any atom is -0.485 e. The van der Waals surface area contributed by atoms with Crippen LogP contribution >= 0.6 is 0 Å². The number of rotatable bonds is 6. The minimum atomic E-state index is 0.223. The first kappa shape index (κ1) is 14.1. The summed E-state index contributed by atoms with van der Waals surface area (Å²) in [4.78, 5) is 4.43. The highest BCUT2D eigenvalue weighted by atomic mass is 16.5. The maximum absolute atomic E-state index is 5.88. The summed E-state index contributed by atoms with van der Waals surface area (Å²) in [6, 6.07) is 4.05. The molecule has 0 saturated heterocycles. The van der Waals surface area contributed by atoms with Gasteiger partial charge in [0.1, 0.15) is 11.9 Å². The molecule has 0 aromatic carbocycles. The summed E-state index contributed by atoms with van der Waals surface area (Å²) in [7, 11) is 0. The highest BCUT2D eigenvalue weighted by Crippen LogP contribution is 2.18. The van der Waals surface area contributed by atoms with Gasteiger partial charge in [-0.1, -0.05) is 19.9 Å². The van der Waals surface area contributed by atoms with Crippen LogP contribution in [0.3, 0.4) is 0 Å². The number of aromatic nitrogens is 1. The maximum atomic E-state index is 5.88. The molecule has 1 aliphatic carbocycles. The predicted molar refractivity (Wildman–Crippen MR) is 78.2 cm³/mol. The lowest BCUT2D eigenvalue weighted by atomic mass is 10.1. The fourth-order valence-electron chi connectivity index (χ4n) is 2.13. The van der Waals surface area contributed by atoms with Gasteiger partial charge in [-0.25, -0.2) is 0 Å². The van der Waals surface area contributed by atoms with Crippen LogP contribution in [0.1, 0.15) is 38.8 Å². The monoisotopic (exact) mass is 260 g/mol. The molecule has 1 unspecified atom stereocenters. The molecule has 1 aliphatic rings. The van der Waals surface area contributed by atoms with Gasteiger partial charge in [0, 0.05) is 6.54 Å². The van der Waals surface area contributed by atoms with E-state index >= 15 is 0 Å². The van der Waals surface area contributed by atoms with E-state index in [9.17, 15) is 0 Å². The number of pyridine rings is 1. The van der Waals surface area contributed by atoms with E-state index in [1.807, 2.05) is 18.3 Å². The minimum absolute atomic E-state index is 0.223. The Morgan fingerprint density at radius 3 is 2.95 bits per heavy atom. The Kier molecular flexibility index (Phi) is 5.40. The normalized spacial score (nSPS) is 18.8. The first-order chi connectivity index (χ1) is 9.24. The van der Waals surface area contributed by atoms with Crippen molar-refractivity contribution in [1.29, 1.82) is 0 Å². The van der Waals surface area contributed by atoms with Crippen LogP contribution in [0.15, 0.2) is 30.5 Å². The van der Waals surface area contributed by atoms with Crippen molar-refractivity contribution in [1.82, 2.24) is 10.3 Å². The summed E-state index contributed by atoms with van der Waals surface area (Å²) >= 11 is 0. The van der Waals surface area contributed by atoms with E-state index in [2.05, 4.69) is 36.3 Å². The second kappa shape index (κ2) is 7.29. The van der Waals surface area contributed by atoms with Gasteiger partial charge in [0.2, 0.25) is 0 Å². The first-order valence-electron chi connectivity index (χ1n) is 7.23. The van der Waals surface area contributed by atoms with Crippen LogP contribution in [-0.4, -0.2) is 17.6 Å². The van der Waals surface area contributed by atoms with Gasteiger partial charge in [0.25, 0.3) is 0 Å². The highest BCUT2D eigenvalue weighted by molar-refractivity contribution is 5.21. The molecule has 0 bridgehead atoms. The molecule has 0 fully saturated rings. The molecule has 1 heterocycles. The Labute approximate surface area is 116 Å². The van der Waals surface area contributed by atoms with Crippen molar-refractivity contribution in [2.75, 3.05) is 6.54 Å². The van der Waals surface area contributed by atoms with Crippen LogP contribution in [0.5, 0.6) is 5.75 Å². The molecular weight excluding hydrogens is 236 g/mol. The fourth-order valence-corrected chi connectivity index (χ4v) is 2.13. The number of nitrogens with zero attached hydrogens (tertiary/aromatic N) is 1. The Morgan fingerprint density at radius 1 is 1.42 bits per heavy atom. The molecule has 0 saturated carbocycles. The maximum Gasteiger partial charge on any atom is 0.138 e. The lowest BCUT2D eigenvalue weighted by molar-refractivity contribution is 0.229. The molecule has 0 aliphatic heterocycles. The van der Waals surface area contributed by atoms with E-state index in [4.69, 9.17) is 4.74 Å². The van der Waals surface area contributed by atoms with Gasteiger partial charge in [-0.15, -0.1) is 0 Å². The van der Waals surface area contributed by atoms with Crippen LogP contribution in [-0.2, 0) is 6.54 Å². The molecule has 0 amide bonds. The van der Waals surface area contributed by atoms with Gasteiger partial charge < -0.3 is 10.1 Å². The van der Waals surface area contributed by atoms with E-state index < -0.39 is 0 Å². The standard InChI is InChI=1S/C16H24N2O/c1-13(2)10-17-11-14-8-9-16(12-18-14)19-15-6-4-3-5-7-15/h4,6,8-9,12-13,15,17H,3,5,7,10-11H2,1-2H3. The van der Waals surface area contributed by atoms with E-state index in [0.29, 0.717) is 5.92 Å². The molecule has 0 radical (unpaired) electrons. The summed E-state index contributed by atoms with van der Waals surface area (Å²) in [6.45, 7) is 6.25. The van der Waals surface area contributed by atoms with Crippen molar-refractivity contribution in [3.63, 3.8) is 0 Å². The Bertz CT molecular complexity index is 398. The molecule has 104 valence electrons. The van der Waals surface area contributed by atoms with Crippen LogP contribution in [0, 0.1) is 5.92 Å². The lowest BCUT2D eigenvalue weighted by Gasteiger charge is -2.18. The summed E-state index contributed by atoms with van der Waals surface area (Å²) in [5.41, 5.74) is 1.06. The number of hydrogen-bond acceptors (Lipinski definition) is 3. The molecule has 19 heavy (non-hydrogen) atoms. The Hall–Kier alpha value is -1.35. The Morgan fingerprint density at radius 2 is 2.32 bits per heavy atom. The van der Waals surface area contributed by atoms with Gasteiger partial charge >= 0.3 is 0 Å². The van der Waals surface area contributed by atoms with Crippen molar-refractivity contribution in [2.45, 2.75) is 45.8 Å². The van der Waals surface area contributed by atoms with E-state index in [-0.39, 0.29) is 6.10 Å². The third-order valence-electron chi connectivity index (χ3n) is 3.15. The molecule has 3 heteroatoms.